The second-order valence-corrected chi connectivity index (χ2v) is 3.43. The van der Waals surface area contributed by atoms with Crippen molar-refractivity contribution >= 4 is 5.78 Å². The average Bonchev–Trinajstić information content (AvgIpc) is 2.32. The van der Waals surface area contributed by atoms with Crippen molar-refractivity contribution < 1.29 is 9.90 Å². The third-order valence-corrected chi connectivity index (χ3v) is 2.34. The highest BCUT2D eigenvalue weighted by Gasteiger charge is 2.25. The molecule has 0 fully saturated rings. The maximum atomic E-state index is 11.3. The largest absolute Gasteiger partial charge is 0.388 e. The van der Waals surface area contributed by atoms with Crippen LogP contribution in [0.3, 0.4) is 0 Å². The fourth-order valence-corrected chi connectivity index (χ4v) is 1.43. The number of Topliss-reactive ketones (excluding diaryl/α,β-unsaturated/α-hetero) is 1. The van der Waals surface area contributed by atoms with E-state index in [-0.39, 0.29) is 12.2 Å². The van der Waals surface area contributed by atoms with Gasteiger partial charge in [-0.3, -0.25) is 4.79 Å². The first kappa shape index (κ1) is 10.2. The predicted octanol–water partition coefficient (Wildman–Crippen LogP) is 1.99. The summed E-state index contributed by atoms with van der Waals surface area (Å²) in [6, 6.07) is 0. The lowest BCUT2D eigenvalue weighted by Crippen LogP contribution is -2.03. The van der Waals surface area contributed by atoms with Crippen LogP contribution in [0.15, 0.2) is 23.3 Å². The van der Waals surface area contributed by atoms with Gasteiger partial charge >= 0.3 is 0 Å². The van der Waals surface area contributed by atoms with E-state index < -0.39 is 6.10 Å². The van der Waals surface area contributed by atoms with Gasteiger partial charge in [0.15, 0.2) is 5.78 Å². The van der Waals surface area contributed by atoms with E-state index in [1.165, 1.54) is 0 Å². The number of carbonyl (C=O) groups excluding carboxylic acids is 1. The molecule has 0 bridgehead atoms. The van der Waals surface area contributed by atoms with Crippen molar-refractivity contribution in [1.82, 2.24) is 0 Å². The zero-order valence-electron chi connectivity index (χ0n) is 8.21. The predicted molar refractivity (Wildman–Crippen MR) is 52.4 cm³/mol. The lowest BCUT2D eigenvalue weighted by molar-refractivity contribution is -0.115. The topological polar surface area (TPSA) is 37.3 Å². The quantitative estimate of drug-likeness (QED) is 0.721. The Balaban J connectivity index is 2.72. The van der Waals surface area contributed by atoms with Gasteiger partial charge in [0, 0.05) is 12.0 Å². The number of rotatable bonds is 3. The van der Waals surface area contributed by atoms with E-state index in [2.05, 4.69) is 6.92 Å². The first-order valence-electron chi connectivity index (χ1n) is 4.75. The third kappa shape index (κ3) is 2.28. The summed E-state index contributed by atoms with van der Waals surface area (Å²) in [6.07, 6.45) is 5.62. The van der Waals surface area contributed by atoms with Crippen molar-refractivity contribution in [2.24, 2.45) is 0 Å². The Hall–Kier alpha value is -0.890. The molecule has 0 radical (unpaired) electrons. The maximum Gasteiger partial charge on any atom is 0.165 e. The Bertz CT molecular complexity index is 261. The van der Waals surface area contributed by atoms with Gasteiger partial charge < -0.3 is 5.11 Å². The molecule has 1 aliphatic rings. The van der Waals surface area contributed by atoms with Crippen LogP contribution in [-0.4, -0.2) is 17.0 Å². The monoisotopic (exact) mass is 180 g/mol. The van der Waals surface area contributed by atoms with E-state index >= 15 is 0 Å². The van der Waals surface area contributed by atoms with Crippen LogP contribution in [0.2, 0.25) is 0 Å². The van der Waals surface area contributed by atoms with Crippen molar-refractivity contribution in [3.05, 3.63) is 23.3 Å². The number of hydrogen-bond acceptors (Lipinski definition) is 2. The number of hydrogen-bond donors (Lipinski definition) is 1. The molecule has 0 spiro atoms. The van der Waals surface area contributed by atoms with E-state index in [1.807, 2.05) is 19.1 Å². The van der Waals surface area contributed by atoms with Crippen LogP contribution < -0.4 is 0 Å². The second-order valence-electron chi connectivity index (χ2n) is 3.43. The molecule has 1 unspecified atom stereocenters. The lowest BCUT2D eigenvalue weighted by Gasteiger charge is -1.98. The van der Waals surface area contributed by atoms with Crippen LogP contribution in [-0.2, 0) is 4.79 Å². The Morgan fingerprint density at radius 1 is 1.62 bits per heavy atom. The zero-order valence-corrected chi connectivity index (χ0v) is 8.21. The van der Waals surface area contributed by atoms with Crippen LogP contribution in [0.5, 0.6) is 0 Å². The Kier molecular flexibility index (Phi) is 3.43. The van der Waals surface area contributed by atoms with Gasteiger partial charge in [-0.15, -0.1) is 0 Å². The Labute approximate surface area is 79.0 Å². The van der Waals surface area contributed by atoms with Crippen LogP contribution in [0.4, 0.5) is 0 Å². The normalized spacial score (nSPS) is 23.6. The van der Waals surface area contributed by atoms with Crippen molar-refractivity contribution in [3.8, 4) is 0 Å². The first-order chi connectivity index (χ1) is 6.16. The summed E-state index contributed by atoms with van der Waals surface area (Å²) in [5.74, 6) is 0.0670. The lowest BCUT2D eigenvalue weighted by atomic mass is 10.1. The molecule has 1 aliphatic carbocycles. The molecule has 0 saturated heterocycles. The van der Waals surface area contributed by atoms with Crippen molar-refractivity contribution in [2.45, 2.75) is 39.2 Å². The number of aliphatic hydroxyl groups is 1. The molecule has 2 heteroatoms. The van der Waals surface area contributed by atoms with Gasteiger partial charge in [-0.1, -0.05) is 25.5 Å². The van der Waals surface area contributed by atoms with Gasteiger partial charge in [-0.2, -0.15) is 0 Å². The van der Waals surface area contributed by atoms with Gasteiger partial charge in [-0.25, -0.2) is 0 Å². The molecule has 2 nitrogen and oxygen atoms in total. The van der Waals surface area contributed by atoms with Crippen LogP contribution in [0, 0.1) is 0 Å². The summed E-state index contributed by atoms with van der Waals surface area (Å²) in [6.45, 7) is 3.91. The minimum Gasteiger partial charge on any atom is -0.388 e. The molecule has 1 atom stereocenters. The van der Waals surface area contributed by atoms with Crippen LogP contribution in [0.1, 0.15) is 33.1 Å². The summed E-state index contributed by atoms with van der Waals surface area (Å²) in [5, 5.41) is 9.38. The van der Waals surface area contributed by atoms with Gasteiger partial charge in [0.25, 0.3) is 0 Å². The number of carbonyl (C=O) groups is 1. The van der Waals surface area contributed by atoms with Crippen molar-refractivity contribution in [1.29, 1.82) is 0 Å². The Morgan fingerprint density at radius 3 is 2.77 bits per heavy atom. The Morgan fingerprint density at radius 2 is 2.31 bits per heavy atom. The van der Waals surface area contributed by atoms with Gasteiger partial charge in [0.05, 0.1) is 6.10 Å². The molecule has 0 aromatic heterocycles. The molecule has 1 N–H and O–H groups in total. The second kappa shape index (κ2) is 4.38. The van der Waals surface area contributed by atoms with E-state index in [0.29, 0.717) is 5.57 Å². The fourth-order valence-electron chi connectivity index (χ4n) is 1.43. The number of allylic oxidation sites excluding steroid dienone is 3. The SMILES string of the molecule is CCC/C=C/C1=C(C)C(O)CC1=O. The number of aliphatic hydroxyl groups excluding tert-OH is 1. The molecule has 0 heterocycles. The van der Waals surface area contributed by atoms with Crippen molar-refractivity contribution in [3.63, 3.8) is 0 Å². The molecular formula is C11H16O2. The van der Waals surface area contributed by atoms with E-state index in [9.17, 15) is 9.90 Å². The number of ketones is 1. The molecule has 13 heavy (non-hydrogen) atoms. The summed E-state index contributed by atoms with van der Waals surface area (Å²) in [5.41, 5.74) is 1.53. The molecule has 0 aliphatic heterocycles. The highest BCUT2D eigenvalue weighted by Crippen LogP contribution is 2.23. The first-order valence-corrected chi connectivity index (χ1v) is 4.75. The standard InChI is InChI=1S/C11H16O2/c1-3-4-5-6-9-8(2)10(12)7-11(9)13/h5-6,10,12H,3-4,7H2,1-2H3/b6-5+. The third-order valence-electron chi connectivity index (χ3n) is 2.34. The summed E-state index contributed by atoms with van der Waals surface area (Å²) in [4.78, 5) is 11.3. The highest BCUT2D eigenvalue weighted by atomic mass is 16.3. The fraction of sp³-hybridized carbons (Fsp3) is 0.545. The average molecular weight is 180 g/mol. The van der Waals surface area contributed by atoms with Crippen LogP contribution in [0.25, 0.3) is 0 Å². The molecule has 0 aromatic carbocycles. The van der Waals surface area contributed by atoms with E-state index in [0.717, 1.165) is 18.4 Å². The van der Waals surface area contributed by atoms with E-state index in [1.54, 1.807) is 0 Å². The maximum absolute atomic E-state index is 11.3. The van der Waals surface area contributed by atoms with Gasteiger partial charge in [-0.05, 0) is 18.9 Å². The molecule has 72 valence electrons. The minimum absolute atomic E-state index is 0.0670. The molecule has 0 saturated carbocycles. The smallest absolute Gasteiger partial charge is 0.165 e. The van der Waals surface area contributed by atoms with Crippen molar-refractivity contribution in [2.75, 3.05) is 0 Å². The summed E-state index contributed by atoms with van der Waals surface area (Å²) >= 11 is 0. The van der Waals surface area contributed by atoms with Gasteiger partial charge in [0.2, 0.25) is 0 Å². The molecular weight excluding hydrogens is 164 g/mol. The van der Waals surface area contributed by atoms with Gasteiger partial charge in [0.1, 0.15) is 0 Å². The zero-order chi connectivity index (χ0) is 9.84. The number of unbranched alkanes of at least 4 members (excludes halogenated alkanes) is 1. The summed E-state index contributed by atoms with van der Waals surface area (Å²) < 4.78 is 0. The molecule has 0 amide bonds. The van der Waals surface area contributed by atoms with E-state index in [4.69, 9.17) is 0 Å². The minimum atomic E-state index is -0.547. The van der Waals surface area contributed by atoms with Crippen LogP contribution >= 0.6 is 0 Å². The highest BCUT2D eigenvalue weighted by molar-refractivity contribution is 6.02. The molecule has 1 rings (SSSR count). The molecule has 0 aromatic rings. The summed E-state index contributed by atoms with van der Waals surface area (Å²) in [7, 11) is 0.